The second kappa shape index (κ2) is 12.9. The number of thiophene rings is 1. The van der Waals surface area contributed by atoms with Gasteiger partial charge in [-0.1, -0.05) is 6.07 Å². The zero-order chi connectivity index (χ0) is 20.4. The molecule has 1 aromatic heterocycles. The minimum Gasteiger partial charge on any atom is -0.493 e. The van der Waals surface area contributed by atoms with E-state index in [1.54, 1.807) is 24.6 Å². The van der Waals surface area contributed by atoms with E-state index in [0.29, 0.717) is 34.8 Å². The van der Waals surface area contributed by atoms with E-state index in [1.165, 1.54) is 11.3 Å². The summed E-state index contributed by atoms with van der Waals surface area (Å²) in [6.07, 6.45) is 0. The molecule has 0 amide bonds. The average molecular weight is 554 g/mol. The molecule has 1 heterocycles. The monoisotopic (exact) mass is 554 g/mol. The predicted molar refractivity (Wildman–Crippen MR) is 129 cm³/mol. The van der Waals surface area contributed by atoms with Crippen LogP contribution in [-0.2, 0) is 10.0 Å². The van der Waals surface area contributed by atoms with Gasteiger partial charge in [0.25, 0.3) is 0 Å². The van der Waals surface area contributed by atoms with E-state index in [4.69, 9.17) is 9.47 Å². The summed E-state index contributed by atoms with van der Waals surface area (Å²) in [6.45, 7) is 5.54. The van der Waals surface area contributed by atoms with Gasteiger partial charge in [-0.15, -0.1) is 35.3 Å². The molecular weight excluding hydrogens is 527 g/mol. The number of aliphatic imine (C=N–C) groups is 1. The summed E-state index contributed by atoms with van der Waals surface area (Å²) in [5.41, 5.74) is 0.781. The number of hydrogen-bond acceptors (Lipinski definition) is 6. The SMILES string of the molecule is CCNC(=NCCNS(=O)(=O)c1cccs1)Nc1ccc(OC)c(OCC)c1.I. The van der Waals surface area contributed by atoms with Crippen LogP contribution < -0.4 is 24.8 Å². The topological polar surface area (TPSA) is 101 Å². The molecule has 162 valence electrons. The van der Waals surface area contributed by atoms with Gasteiger partial charge in [0.05, 0.1) is 20.3 Å². The van der Waals surface area contributed by atoms with Crippen LogP contribution in [0.5, 0.6) is 11.5 Å². The van der Waals surface area contributed by atoms with Gasteiger partial charge in [-0.05, 0) is 37.4 Å². The first kappa shape index (κ1) is 25.5. The number of rotatable bonds is 10. The van der Waals surface area contributed by atoms with E-state index in [0.717, 1.165) is 5.69 Å². The molecule has 0 fully saturated rings. The molecule has 0 saturated heterocycles. The smallest absolute Gasteiger partial charge is 0.250 e. The molecule has 11 heteroatoms. The van der Waals surface area contributed by atoms with Crippen LogP contribution in [0.2, 0.25) is 0 Å². The molecule has 8 nitrogen and oxygen atoms in total. The van der Waals surface area contributed by atoms with E-state index in [2.05, 4.69) is 20.3 Å². The van der Waals surface area contributed by atoms with Crippen LogP contribution in [0.3, 0.4) is 0 Å². The van der Waals surface area contributed by atoms with Gasteiger partial charge >= 0.3 is 0 Å². The van der Waals surface area contributed by atoms with Gasteiger partial charge in [0, 0.05) is 24.8 Å². The molecule has 0 atom stereocenters. The fourth-order valence-electron chi connectivity index (χ4n) is 2.30. The first-order valence-electron chi connectivity index (χ1n) is 8.89. The van der Waals surface area contributed by atoms with E-state index in [9.17, 15) is 8.42 Å². The van der Waals surface area contributed by atoms with Crippen molar-refractivity contribution in [3.63, 3.8) is 0 Å². The van der Waals surface area contributed by atoms with Crippen LogP contribution in [0.15, 0.2) is 44.9 Å². The Morgan fingerprint density at radius 3 is 2.62 bits per heavy atom. The number of guanidine groups is 1. The molecule has 0 bridgehead atoms. The zero-order valence-electron chi connectivity index (χ0n) is 16.6. The number of nitrogens with zero attached hydrogens (tertiary/aromatic N) is 1. The lowest BCUT2D eigenvalue weighted by molar-refractivity contribution is 0.311. The lowest BCUT2D eigenvalue weighted by Gasteiger charge is -2.14. The number of benzene rings is 1. The number of ether oxygens (including phenoxy) is 2. The second-order valence-corrected chi connectivity index (χ2v) is 8.46. The summed E-state index contributed by atoms with van der Waals surface area (Å²) in [5.74, 6) is 1.83. The molecule has 0 aliphatic carbocycles. The number of hydrogen-bond donors (Lipinski definition) is 3. The maximum atomic E-state index is 12.1. The largest absolute Gasteiger partial charge is 0.493 e. The van der Waals surface area contributed by atoms with Gasteiger partial charge in [-0.2, -0.15) is 0 Å². The Morgan fingerprint density at radius 1 is 1.21 bits per heavy atom. The molecule has 0 saturated carbocycles. The number of sulfonamides is 1. The fourth-order valence-corrected chi connectivity index (χ4v) is 4.36. The Bertz CT molecular complexity index is 874. The summed E-state index contributed by atoms with van der Waals surface area (Å²) >= 11 is 1.18. The molecule has 0 radical (unpaired) electrons. The van der Waals surface area contributed by atoms with Crippen molar-refractivity contribution in [3.8, 4) is 11.5 Å². The number of halogens is 1. The molecule has 3 N–H and O–H groups in total. The molecule has 1 aromatic carbocycles. The third-order valence-corrected chi connectivity index (χ3v) is 6.36. The van der Waals surface area contributed by atoms with Crippen molar-refractivity contribution in [1.29, 1.82) is 0 Å². The Hall–Kier alpha value is -1.57. The standard InChI is InChI=1S/C18H26N4O4S2.HI/c1-4-19-18(20-10-11-21-28(23,24)17-7-6-12-27-17)22-14-8-9-15(25-3)16(13-14)26-5-2;/h6-9,12-13,21H,4-5,10-11H2,1-3H3,(H2,19,20,22);1H. The highest BCUT2D eigenvalue weighted by atomic mass is 127. The fraction of sp³-hybridized carbons (Fsp3) is 0.389. The van der Waals surface area contributed by atoms with Crippen LogP contribution in [0.25, 0.3) is 0 Å². The van der Waals surface area contributed by atoms with Crippen LogP contribution in [-0.4, -0.2) is 47.7 Å². The maximum absolute atomic E-state index is 12.1. The van der Waals surface area contributed by atoms with E-state index < -0.39 is 10.0 Å². The van der Waals surface area contributed by atoms with Gasteiger partial charge in [-0.25, -0.2) is 13.1 Å². The molecule has 0 spiro atoms. The quantitative estimate of drug-likeness (QED) is 0.181. The van der Waals surface area contributed by atoms with Gasteiger partial charge in [0.2, 0.25) is 10.0 Å². The zero-order valence-corrected chi connectivity index (χ0v) is 20.6. The number of methoxy groups -OCH3 is 1. The summed E-state index contributed by atoms with van der Waals surface area (Å²) in [7, 11) is -1.89. The Labute approximate surface area is 193 Å². The van der Waals surface area contributed by atoms with Gasteiger partial charge in [0.1, 0.15) is 4.21 Å². The molecule has 2 aromatic rings. The van der Waals surface area contributed by atoms with Crippen molar-refractivity contribution >= 4 is 57.0 Å². The second-order valence-electron chi connectivity index (χ2n) is 5.51. The van der Waals surface area contributed by atoms with Crippen LogP contribution in [0, 0.1) is 0 Å². The highest BCUT2D eigenvalue weighted by Gasteiger charge is 2.13. The number of anilines is 1. The molecular formula is C18H27IN4O4S2. The normalized spacial score (nSPS) is 11.5. The highest BCUT2D eigenvalue weighted by molar-refractivity contribution is 14.0. The van der Waals surface area contributed by atoms with Gasteiger partial charge in [-0.3, -0.25) is 4.99 Å². The van der Waals surface area contributed by atoms with Crippen molar-refractivity contribution in [3.05, 3.63) is 35.7 Å². The molecule has 0 aliphatic rings. The van der Waals surface area contributed by atoms with E-state index in [1.807, 2.05) is 32.0 Å². The van der Waals surface area contributed by atoms with Crippen LogP contribution in [0.4, 0.5) is 5.69 Å². The Kier molecular flexibility index (Phi) is 11.3. The summed E-state index contributed by atoms with van der Waals surface area (Å²) in [5, 5.41) is 8.04. The van der Waals surface area contributed by atoms with Crippen molar-refractivity contribution < 1.29 is 17.9 Å². The summed E-state index contributed by atoms with van der Waals surface area (Å²) in [6, 6.07) is 8.77. The molecule has 0 aliphatic heterocycles. The minimum absolute atomic E-state index is 0. The molecule has 29 heavy (non-hydrogen) atoms. The predicted octanol–water partition coefficient (Wildman–Crippen LogP) is 3.13. The molecule has 2 rings (SSSR count). The average Bonchev–Trinajstić information content (AvgIpc) is 3.22. The third-order valence-electron chi connectivity index (χ3n) is 3.50. The lowest BCUT2D eigenvalue weighted by atomic mass is 10.2. The summed E-state index contributed by atoms with van der Waals surface area (Å²) in [4.78, 5) is 4.41. The van der Waals surface area contributed by atoms with E-state index in [-0.39, 0.29) is 37.1 Å². The Morgan fingerprint density at radius 2 is 2.00 bits per heavy atom. The van der Waals surface area contributed by atoms with Gasteiger partial charge in [0.15, 0.2) is 17.5 Å². The first-order valence-corrected chi connectivity index (χ1v) is 11.3. The third kappa shape index (κ3) is 7.99. The van der Waals surface area contributed by atoms with Crippen molar-refractivity contribution in [2.24, 2.45) is 4.99 Å². The number of nitrogens with one attached hydrogen (secondary N) is 3. The van der Waals surface area contributed by atoms with Crippen LogP contribution in [0.1, 0.15) is 13.8 Å². The van der Waals surface area contributed by atoms with E-state index >= 15 is 0 Å². The van der Waals surface area contributed by atoms with Gasteiger partial charge < -0.3 is 20.1 Å². The van der Waals surface area contributed by atoms with Crippen molar-refractivity contribution in [1.82, 2.24) is 10.0 Å². The highest BCUT2D eigenvalue weighted by Crippen LogP contribution is 2.30. The first-order chi connectivity index (χ1) is 13.5. The lowest BCUT2D eigenvalue weighted by Crippen LogP contribution is -2.32. The van der Waals surface area contributed by atoms with Crippen molar-refractivity contribution in [2.75, 3.05) is 38.7 Å². The van der Waals surface area contributed by atoms with Crippen LogP contribution >= 0.6 is 35.3 Å². The maximum Gasteiger partial charge on any atom is 0.250 e. The minimum atomic E-state index is -3.48. The molecule has 0 unspecified atom stereocenters. The van der Waals surface area contributed by atoms with Crippen molar-refractivity contribution in [2.45, 2.75) is 18.1 Å². The Balaban J connectivity index is 0.00000420. The summed E-state index contributed by atoms with van der Waals surface area (Å²) < 4.78 is 37.9.